The molecule has 0 unspecified atom stereocenters. The fourth-order valence-electron chi connectivity index (χ4n) is 4.59. The minimum Gasteiger partial charge on any atom is -0.491 e. The highest BCUT2D eigenvalue weighted by Crippen LogP contribution is 2.34. The zero-order valence-corrected chi connectivity index (χ0v) is 22.5. The largest absolute Gasteiger partial charge is 0.491 e. The van der Waals surface area contributed by atoms with E-state index in [0.29, 0.717) is 0 Å². The van der Waals surface area contributed by atoms with Crippen molar-refractivity contribution in [1.82, 2.24) is 9.88 Å². The molecule has 0 aliphatic heterocycles. The van der Waals surface area contributed by atoms with Gasteiger partial charge in [0, 0.05) is 29.4 Å². The lowest BCUT2D eigenvalue weighted by atomic mass is 9.94. The number of unbranched alkanes of at least 4 members (excludes halogenated alkanes) is 4. The second kappa shape index (κ2) is 14.4. The molecule has 0 spiro atoms. The number of aromatic nitrogens is 1. The standard InChI is InChI=1S/C30H48N2O/c1-8-12-14-19-32(20-15-13-9-2)22-27-24(7)31-28(21-29(27)33-23(5)6)30-25(10-3)17-16-18-26(30)11-4/h16-18,21,23H,8-15,19-20,22H2,1-7H3. The van der Waals surface area contributed by atoms with Crippen molar-refractivity contribution >= 4 is 0 Å². The van der Waals surface area contributed by atoms with Gasteiger partial charge >= 0.3 is 0 Å². The van der Waals surface area contributed by atoms with Crippen LogP contribution in [0.25, 0.3) is 11.3 Å². The maximum absolute atomic E-state index is 6.42. The van der Waals surface area contributed by atoms with Gasteiger partial charge in [-0.1, -0.05) is 71.6 Å². The molecule has 1 heterocycles. The number of ether oxygens (including phenoxy) is 1. The SMILES string of the molecule is CCCCCN(CCCCC)Cc1c(OC(C)C)cc(-c2c(CC)cccc2CC)nc1C. The first-order chi connectivity index (χ1) is 15.9. The molecule has 0 saturated carbocycles. The summed E-state index contributed by atoms with van der Waals surface area (Å²) in [4.78, 5) is 7.79. The van der Waals surface area contributed by atoms with Gasteiger partial charge in [-0.25, -0.2) is 0 Å². The van der Waals surface area contributed by atoms with Crippen molar-refractivity contribution in [3.8, 4) is 17.0 Å². The normalized spacial score (nSPS) is 11.5. The van der Waals surface area contributed by atoms with Crippen LogP contribution in [0.5, 0.6) is 5.75 Å². The van der Waals surface area contributed by atoms with Crippen molar-refractivity contribution in [3.05, 3.63) is 46.6 Å². The highest BCUT2D eigenvalue weighted by atomic mass is 16.5. The van der Waals surface area contributed by atoms with Crippen LogP contribution in [0.3, 0.4) is 0 Å². The fourth-order valence-corrected chi connectivity index (χ4v) is 4.59. The van der Waals surface area contributed by atoms with E-state index in [9.17, 15) is 0 Å². The van der Waals surface area contributed by atoms with E-state index in [4.69, 9.17) is 9.72 Å². The fraction of sp³-hybridized carbons (Fsp3) is 0.633. The first-order valence-corrected chi connectivity index (χ1v) is 13.5. The lowest BCUT2D eigenvalue weighted by Crippen LogP contribution is -2.27. The Morgan fingerprint density at radius 1 is 0.879 bits per heavy atom. The van der Waals surface area contributed by atoms with E-state index in [-0.39, 0.29) is 6.10 Å². The van der Waals surface area contributed by atoms with E-state index < -0.39 is 0 Å². The van der Waals surface area contributed by atoms with Gasteiger partial charge in [-0.15, -0.1) is 0 Å². The predicted molar refractivity (Wildman–Crippen MR) is 143 cm³/mol. The number of rotatable bonds is 15. The molecule has 3 heteroatoms. The minimum atomic E-state index is 0.138. The third kappa shape index (κ3) is 8.14. The molecule has 0 saturated heterocycles. The van der Waals surface area contributed by atoms with Crippen molar-refractivity contribution in [1.29, 1.82) is 0 Å². The molecule has 0 N–H and O–H groups in total. The number of benzene rings is 1. The zero-order valence-electron chi connectivity index (χ0n) is 22.5. The molecule has 33 heavy (non-hydrogen) atoms. The second-order valence-corrected chi connectivity index (χ2v) is 9.58. The average molecular weight is 453 g/mol. The molecule has 2 rings (SSSR count). The Morgan fingerprint density at radius 2 is 1.45 bits per heavy atom. The summed E-state index contributed by atoms with van der Waals surface area (Å²) in [6.45, 7) is 18.7. The molecular formula is C30H48N2O. The highest BCUT2D eigenvalue weighted by Gasteiger charge is 2.19. The third-order valence-corrected chi connectivity index (χ3v) is 6.45. The third-order valence-electron chi connectivity index (χ3n) is 6.45. The van der Waals surface area contributed by atoms with Crippen LogP contribution in [0.1, 0.15) is 102 Å². The van der Waals surface area contributed by atoms with E-state index >= 15 is 0 Å². The Balaban J connectivity index is 2.46. The molecule has 0 atom stereocenters. The van der Waals surface area contributed by atoms with Gasteiger partial charge in [0.05, 0.1) is 11.8 Å². The Kier molecular flexibility index (Phi) is 11.9. The number of hydrogen-bond acceptors (Lipinski definition) is 3. The molecule has 1 aromatic heterocycles. The smallest absolute Gasteiger partial charge is 0.128 e. The van der Waals surface area contributed by atoms with Crippen molar-refractivity contribution in [2.75, 3.05) is 13.1 Å². The Morgan fingerprint density at radius 3 is 1.94 bits per heavy atom. The first kappa shape index (κ1) is 27.4. The zero-order chi connectivity index (χ0) is 24.2. The van der Waals surface area contributed by atoms with Gasteiger partial charge in [0.15, 0.2) is 0 Å². The minimum absolute atomic E-state index is 0.138. The van der Waals surface area contributed by atoms with Gasteiger partial charge in [0.2, 0.25) is 0 Å². The summed E-state index contributed by atoms with van der Waals surface area (Å²) in [6.07, 6.45) is 9.79. The number of aryl methyl sites for hydroxylation is 3. The number of hydrogen-bond donors (Lipinski definition) is 0. The predicted octanol–water partition coefficient (Wildman–Crippen LogP) is 8.15. The molecule has 0 aliphatic rings. The van der Waals surface area contributed by atoms with Crippen LogP contribution in [-0.4, -0.2) is 29.1 Å². The van der Waals surface area contributed by atoms with Crippen LogP contribution in [-0.2, 0) is 19.4 Å². The van der Waals surface area contributed by atoms with E-state index in [1.807, 2.05) is 0 Å². The van der Waals surface area contributed by atoms with Gasteiger partial charge in [0.25, 0.3) is 0 Å². The summed E-state index contributed by atoms with van der Waals surface area (Å²) >= 11 is 0. The summed E-state index contributed by atoms with van der Waals surface area (Å²) in [5.41, 5.74) is 7.45. The van der Waals surface area contributed by atoms with Crippen molar-refractivity contribution < 1.29 is 4.74 Å². The van der Waals surface area contributed by atoms with E-state index in [1.54, 1.807) is 0 Å². The van der Waals surface area contributed by atoms with E-state index in [0.717, 1.165) is 49.6 Å². The first-order valence-electron chi connectivity index (χ1n) is 13.5. The van der Waals surface area contributed by atoms with Crippen LogP contribution in [0.15, 0.2) is 24.3 Å². The Bertz CT molecular complexity index is 811. The molecule has 0 bridgehead atoms. The maximum atomic E-state index is 6.42. The summed E-state index contributed by atoms with van der Waals surface area (Å²) in [5.74, 6) is 1.01. The summed E-state index contributed by atoms with van der Waals surface area (Å²) in [6, 6.07) is 8.88. The Hall–Kier alpha value is -1.87. The van der Waals surface area contributed by atoms with Crippen LogP contribution in [0.2, 0.25) is 0 Å². The Labute approximate surface area is 204 Å². The van der Waals surface area contributed by atoms with Crippen LogP contribution < -0.4 is 4.74 Å². The summed E-state index contributed by atoms with van der Waals surface area (Å²) in [5, 5.41) is 0. The lowest BCUT2D eigenvalue weighted by molar-refractivity contribution is 0.222. The van der Waals surface area contributed by atoms with Gasteiger partial charge < -0.3 is 4.74 Å². The monoisotopic (exact) mass is 452 g/mol. The van der Waals surface area contributed by atoms with Crippen molar-refractivity contribution in [2.24, 2.45) is 0 Å². The van der Waals surface area contributed by atoms with Crippen LogP contribution >= 0.6 is 0 Å². The van der Waals surface area contributed by atoms with Crippen molar-refractivity contribution in [3.63, 3.8) is 0 Å². The quantitative estimate of drug-likeness (QED) is 0.255. The molecule has 0 radical (unpaired) electrons. The summed E-state index contributed by atoms with van der Waals surface area (Å²) < 4.78 is 6.42. The molecule has 184 valence electrons. The van der Waals surface area contributed by atoms with E-state index in [1.165, 1.54) is 60.8 Å². The maximum Gasteiger partial charge on any atom is 0.128 e. The molecule has 0 fully saturated rings. The van der Waals surface area contributed by atoms with Gasteiger partial charge in [-0.2, -0.15) is 0 Å². The molecule has 0 amide bonds. The van der Waals surface area contributed by atoms with Crippen molar-refractivity contribution in [2.45, 2.75) is 112 Å². The van der Waals surface area contributed by atoms with Crippen LogP contribution in [0, 0.1) is 6.92 Å². The topological polar surface area (TPSA) is 25.4 Å². The van der Waals surface area contributed by atoms with Gasteiger partial charge in [-0.05, 0) is 70.7 Å². The average Bonchev–Trinajstić information content (AvgIpc) is 2.80. The molecule has 2 aromatic rings. The number of nitrogens with zero attached hydrogens (tertiary/aromatic N) is 2. The molecule has 1 aromatic carbocycles. The van der Waals surface area contributed by atoms with E-state index in [2.05, 4.69) is 77.6 Å². The highest BCUT2D eigenvalue weighted by molar-refractivity contribution is 5.70. The van der Waals surface area contributed by atoms with Gasteiger partial charge in [-0.3, -0.25) is 9.88 Å². The molecule has 0 aliphatic carbocycles. The molecule has 3 nitrogen and oxygen atoms in total. The van der Waals surface area contributed by atoms with Crippen LogP contribution in [0.4, 0.5) is 0 Å². The lowest BCUT2D eigenvalue weighted by Gasteiger charge is -2.26. The summed E-state index contributed by atoms with van der Waals surface area (Å²) in [7, 11) is 0. The number of pyridine rings is 1. The molecular weight excluding hydrogens is 404 g/mol. The van der Waals surface area contributed by atoms with Gasteiger partial charge in [0.1, 0.15) is 5.75 Å². The second-order valence-electron chi connectivity index (χ2n) is 9.58.